The first kappa shape index (κ1) is 11.3. The Bertz CT molecular complexity index is 621. The largest absolute Gasteiger partial charge is 0.497 e. The summed E-state index contributed by atoms with van der Waals surface area (Å²) < 4.78 is 10.3. The minimum atomic E-state index is -0.805. The lowest BCUT2D eigenvalue weighted by molar-refractivity contribution is 0.316. The maximum atomic E-state index is 9.69. The minimum absolute atomic E-state index is 0.469. The lowest BCUT2D eigenvalue weighted by atomic mass is 9.76. The summed E-state index contributed by atoms with van der Waals surface area (Å²) in [7, 11) is 0.854. The fourth-order valence-electron chi connectivity index (χ4n) is 2.21. The maximum Gasteiger partial charge on any atom is 0.491 e. The molecule has 0 saturated carbocycles. The standard InChI is InChI=1S/C14H13BO3/c1-17-13-5-4-10-8-12(3-2-11(10)9-13)14-6-7-18-15(14)16/h2-6,8-9,16H,7H2,1H3. The molecule has 0 bridgehead atoms. The summed E-state index contributed by atoms with van der Waals surface area (Å²) in [6.45, 7) is 0.469. The van der Waals surface area contributed by atoms with E-state index >= 15 is 0 Å². The zero-order valence-corrected chi connectivity index (χ0v) is 10.1. The number of hydrogen-bond acceptors (Lipinski definition) is 3. The quantitative estimate of drug-likeness (QED) is 0.818. The molecule has 0 spiro atoms. The van der Waals surface area contributed by atoms with Gasteiger partial charge in [-0.1, -0.05) is 24.3 Å². The second-order valence-electron chi connectivity index (χ2n) is 4.27. The molecule has 0 atom stereocenters. The highest BCUT2D eigenvalue weighted by Crippen LogP contribution is 2.27. The monoisotopic (exact) mass is 240 g/mol. The SMILES string of the molecule is COc1ccc2cc(C3=CCOB3O)ccc2c1. The Morgan fingerprint density at radius 2 is 1.94 bits per heavy atom. The average molecular weight is 240 g/mol. The molecule has 1 aliphatic heterocycles. The predicted octanol–water partition coefficient (Wildman–Crippen LogP) is 2.28. The van der Waals surface area contributed by atoms with Gasteiger partial charge in [-0.3, -0.25) is 0 Å². The third kappa shape index (κ3) is 1.90. The summed E-state index contributed by atoms with van der Waals surface area (Å²) in [5.41, 5.74) is 1.84. The van der Waals surface area contributed by atoms with Gasteiger partial charge in [0, 0.05) is 0 Å². The topological polar surface area (TPSA) is 38.7 Å². The summed E-state index contributed by atoms with van der Waals surface area (Å²) in [6.07, 6.45) is 1.91. The van der Waals surface area contributed by atoms with E-state index < -0.39 is 7.12 Å². The third-order valence-electron chi connectivity index (χ3n) is 3.20. The first-order chi connectivity index (χ1) is 8.78. The normalized spacial score (nSPS) is 15.0. The minimum Gasteiger partial charge on any atom is -0.497 e. The first-order valence-electron chi connectivity index (χ1n) is 5.86. The van der Waals surface area contributed by atoms with Crippen LogP contribution in [-0.4, -0.2) is 25.9 Å². The van der Waals surface area contributed by atoms with Crippen molar-refractivity contribution in [2.45, 2.75) is 0 Å². The van der Waals surface area contributed by atoms with Crippen LogP contribution >= 0.6 is 0 Å². The molecule has 0 unspecified atom stereocenters. The molecule has 1 aliphatic rings. The van der Waals surface area contributed by atoms with Gasteiger partial charge in [0.25, 0.3) is 0 Å². The van der Waals surface area contributed by atoms with E-state index in [1.54, 1.807) is 7.11 Å². The summed E-state index contributed by atoms with van der Waals surface area (Å²) >= 11 is 0. The molecule has 0 fully saturated rings. The van der Waals surface area contributed by atoms with Gasteiger partial charge in [0.05, 0.1) is 13.7 Å². The molecule has 0 aliphatic carbocycles. The number of benzene rings is 2. The Labute approximate surface area is 106 Å². The summed E-state index contributed by atoms with van der Waals surface area (Å²) in [5.74, 6) is 0.846. The van der Waals surface area contributed by atoms with Crippen LogP contribution in [0.2, 0.25) is 0 Å². The van der Waals surface area contributed by atoms with Crippen LogP contribution in [0.5, 0.6) is 5.75 Å². The van der Waals surface area contributed by atoms with Crippen LogP contribution in [0.4, 0.5) is 0 Å². The Morgan fingerprint density at radius 1 is 1.17 bits per heavy atom. The van der Waals surface area contributed by atoms with Gasteiger partial charge < -0.3 is 14.4 Å². The predicted molar refractivity (Wildman–Crippen MR) is 72.4 cm³/mol. The van der Waals surface area contributed by atoms with Crippen molar-refractivity contribution in [1.82, 2.24) is 0 Å². The van der Waals surface area contributed by atoms with Crippen molar-refractivity contribution in [3.8, 4) is 5.75 Å². The zero-order valence-electron chi connectivity index (χ0n) is 10.1. The summed E-state index contributed by atoms with van der Waals surface area (Å²) in [5, 5.41) is 11.9. The van der Waals surface area contributed by atoms with Crippen molar-refractivity contribution in [2.24, 2.45) is 0 Å². The average Bonchev–Trinajstić information content (AvgIpc) is 2.84. The zero-order chi connectivity index (χ0) is 12.5. The molecule has 0 amide bonds. The van der Waals surface area contributed by atoms with Crippen LogP contribution in [0.15, 0.2) is 42.5 Å². The highest BCUT2D eigenvalue weighted by Gasteiger charge is 2.25. The maximum absolute atomic E-state index is 9.69. The molecule has 2 aromatic rings. The number of rotatable bonds is 2. The number of hydrogen-bond donors (Lipinski definition) is 1. The van der Waals surface area contributed by atoms with Crippen molar-refractivity contribution in [1.29, 1.82) is 0 Å². The molecule has 0 saturated heterocycles. The number of methoxy groups -OCH3 is 1. The Hall–Kier alpha value is -1.78. The Kier molecular flexibility index (Phi) is 2.82. The molecule has 3 nitrogen and oxygen atoms in total. The first-order valence-corrected chi connectivity index (χ1v) is 5.86. The van der Waals surface area contributed by atoms with E-state index in [-0.39, 0.29) is 0 Å². The Morgan fingerprint density at radius 3 is 2.67 bits per heavy atom. The second-order valence-corrected chi connectivity index (χ2v) is 4.27. The fraction of sp³-hybridized carbons (Fsp3) is 0.143. The van der Waals surface area contributed by atoms with Gasteiger partial charge in [-0.05, 0) is 40.0 Å². The van der Waals surface area contributed by atoms with Gasteiger partial charge >= 0.3 is 7.12 Å². The van der Waals surface area contributed by atoms with Crippen LogP contribution in [0.3, 0.4) is 0 Å². The second kappa shape index (κ2) is 4.48. The van der Waals surface area contributed by atoms with E-state index in [2.05, 4.69) is 6.07 Å². The van der Waals surface area contributed by atoms with Gasteiger partial charge in [-0.15, -0.1) is 0 Å². The van der Waals surface area contributed by atoms with E-state index in [1.165, 1.54) is 0 Å². The molecule has 1 N–H and O–H groups in total. The van der Waals surface area contributed by atoms with Gasteiger partial charge in [0.2, 0.25) is 0 Å². The van der Waals surface area contributed by atoms with E-state index in [4.69, 9.17) is 9.39 Å². The fourth-order valence-corrected chi connectivity index (χ4v) is 2.21. The van der Waals surface area contributed by atoms with Crippen molar-refractivity contribution in [3.63, 3.8) is 0 Å². The van der Waals surface area contributed by atoms with E-state index in [0.717, 1.165) is 27.6 Å². The van der Waals surface area contributed by atoms with E-state index in [1.807, 2.05) is 36.4 Å². The van der Waals surface area contributed by atoms with Crippen LogP contribution in [-0.2, 0) is 4.65 Å². The third-order valence-corrected chi connectivity index (χ3v) is 3.20. The molecule has 3 rings (SSSR count). The molecule has 2 aromatic carbocycles. The highest BCUT2D eigenvalue weighted by molar-refractivity contribution is 6.68. The smallest absolute Gasteiger partial charge is 0.491 e. The summed E-state index contributed by atoms with van der Waals surface area (Å²) in [4.78, 5) is 0. The van der Waals surface area contributed by atoms with Crippen LogP contribution in [0, 0.1) is 0 Å². The lowest BCUT2D eigenvalue weighted by Gasteiger charge is -2.07. The van der Waals surface area contributed by atoms with Crippen LogP contribution < -0.4 is 4.74 Å². The van der Waals surface area contributed by atoms with Gasteiger partial charge in [-0.2, -0.15) is 0 Å². The molecule has 90 valence electrons. The van der Waals surface area contributed by atoms with Gasteiger partial charge in [0.1, 0.15) is 5.75 Å². The lowest BCUT2D eigenvalue weighted by Crippen LogP contribution is -2.14. The van der Waals surface area contributed by atoms with Crippen LogP contribution in [0.25, 0.3) is 16.2 Å². The van der Waals surface area contributed by atoms with Gasteiger partial charge in [-0.25, -0.2) is 0 Å². The van der Waals surface area contributed by atoms with Crippen molar-refractivity contribution in [2.75, 3.05) is 13.7 Å². The summed E-state index contributed by atoms with van der Waals surface area (Å²) in [6, 6.07) is 12.0. The van der Waals surface area contributed by atoms with Crippen molar-refractivity contribution in [3.05, 3.63) is 48.0 Å². The van der Waals surface area contributed by atoms with E-state index in [0.29, 0.717) is 6.61 Å². The molecule has 4 heteroatoms. The molecule has 0 radical (unpaired) electrons. The molecular formula is C14H13BO3. The Balaban J connectivity index is 2.06. The molecule has 1 heterocycles. The van der Waals surface area contributed by atoms with Crippen LogP contribution in [0.1, 0.15) is 5.56 Å². The number of fused-ring (bicyclic) bond motifs is 1. The number of ether oxygens (including phenoxy) is 1. The van der Waals surface area contributed by atoms with Crippen molar-refractivity contribution < 1.29 is 14.4 Å². The van der Waals surface area contributed by atoms with Gasteiger partial charge in [0.15, 0.2) is 0 Å². The highest BCUT2D eigenvalue weighted by atomic mass is 16.5. The molecule has 18 heavy (non-hydrogen) atoms. The molecular weight excluding hydrogens is 227 g/mol. The molecule has 0 aromatic heterocycles. The van der Waals surface area contributed by atoms with Crippen molar-refractivity contribution >= 4 is 23.4 Å². The van der Waals surface area contributed by atoms with E-state index in [9.17, 15) is 5.02 Å².